The molecule has 20 heavy (non-hydrogen) atoms. The van der Waals surface area contributed by atoms with Crippen molar-refractivity contribution in [1.82, 2.24) is 0 Å². The summed E-state index contributed by atoms with van der Waals surface area (Å²) >= 11 is 25.0. The fraction of sp³-hybridized carbons (Fsp3) is 0.250. The molecule has 0 heterocycles. The second kappa shape index (κ2) is 7.04. The lowest BCUT2D eigenvalue weighted by Crippen LogP contribution is -2.33. The summed E-state index contributed by atoms with van der Waals surface area (Å²) < 4.78 is 0. The minimum atomic E-state index is -0.376. The van der Waals surface area contributed by atoms with Crippen LogP contribution in [0.3, 0.4) is 0 Å². The van der Waals surface area contributed by atoms with Gasteiger partial charge < -0.3 is 0 Å². The van der Waals surface area contributed by atoms with Gasteiger partial charge in [0.2, 0.25) is 0 Å². The summed E-state index contributed by atoms with van der Waals surface area (Å²) in [7, 11) is 0. The SMILES string of the molecule is ClCC(CCl)(Cc1c(Cl)cccc1Cl)c1ccccc1. The molecule has 2 aromatic carbocycles. The van der Waals surface area contributed by atoms with Crippen LogP contribution in [0.4, 0.5) is 0 Å². The Balaban J connectivity index is 2.45. The molecule has 0 atom stereocenters. The van der Waals surface area contributed by atoms with Crippen molar-refractivity contribution in [2.45, 2.75) is 11.8 Å². The van der Waals surface area contributed by atoms with Gasteiger partial charge in [0.25, 0.3) is 0 Å². The summed E-state index contributed by atoms with van der Waals surface area (Å²) in [6.45, 7) is 0. The monoisotopic (exact) mass is 346 g/mol. The Morgan fingerprint density at radius 1 is 0.750 bits per heavy atom. The van der Waals surface area contributed by atoms with Gasteiger partial charge in [-0.15, -0.1) is 23.2 Å². The molecule has 0 radical (unpaired) electrons. The van der Waals surface area contributed by atoms with Crippen molar-refractivity contribution < 1.29 is 0 Å². The largest absolute Gasteiger partial charge is 0.126 e. The first-order chi connectivity index (χ1) is 9.63. The Morgan fingerprint density at radius 2 is 1.30 bits per heavy atom. The van der Waals surface area contributed by atoms with Gasteiger partial charge in [-0.3, -0.25) is 0 Å². The van der Waals surface area contributed by atoms with Crippen LogP contribution in [0.2, 0.25) is 10.0 Å². The third-order valence-corrected chi connectivity index (χ3v) is 5.21. The maximum atomic E-state index is 6.27. The second-order valence-electron chi connectivity index (χ2n) is 4.79. The lowest BCUT2D eigenvalue weighted by molar-refractivity contribution is 0.536. The number of alkyl halides is 2. The summed E-state index contributed by atoms with van der Waals surface area (Å²) in [6.07, 6.45) is 0.614. The van der Waals surface area contributed by atoms with Crippen molar-refractivity contribution in [3.63, 3.8) is 0 Å². The Bertz CT molecular complexity index is 542. The first-order valence-corrected chi connectivity index (χ1v) is 8.06. The van der Waals surface area contributed by atoms with E-state index in [1.165, 1.54) is 0 Å². The summed E-state index contributed by atoms with van der Waals surface area (Å²) in [6, 6.07) is 15.5. The minimum Gasteiger partial charge on any atom is -0.126 e. The van der Waals surface area contributed by atoms with Crippen LogP contribution >= 0.6 is 46.4 Å². The number of hydrogen-bond donors (Lipinski definition) is 0. The molecule has 0 fully saturated rings. The highest BCUT2D eigenvalue weighted by atomic mass is 35.5. The Morgan fingerprint density at radius 3 is 1.80 bits per heavy atom. The maximum absolute atomic E-state index is 6.27. The highest BCUT2D eigenvalue weighted by molar-refractivity contribution is 6.36. The van der Waals surface area contributed by atoms with E-state index in [-0.39, 0.29) is 5.41 Å². The van der Waals surface area contributed by atoms with Crippen LogP contribution in [-0.4, -0.2) is 11.8 Å². The van der Waals surface area contributed by atoms with Gasteiger partial charge in [-0.1, -0.05) is 59.6 Å². The van der Waals surface area contributed by atoms with Crippen LogP contribution in [0, 0.1) is 0 Å². The number of halogens is 4. The highest BCUT2D eigenvalue weighted by Gasteiger charge is 2.32. The van der Waals surface area contributed by atoms with Crippen LogP contribution in [0.1, 0.15) is 11.1 Å². The zero-order valence-electron chi connectivity index (χ0n) is 10.8. The van der Waals surface area contributed by atoms with E-state index in [4.69, 9.17) is 46.4 Å². The zero-order valence-corrected chi connectivity index (χ0v) is 13.8. The first-order valence-electron chi connectivity index (χ1n) is 6.23. The first kappa shape index (κ1) is 16.0. The van der Waals surface area contributed by atoms with Crippen LogP contribution < -0.4 is 0 Å². The van der Waals surface area contributed by atoms with E-state index >= 15 is 0 Å². The van der Waals surface area contributed by atoms with E-state index in [9.17, 15) is 0 Å². The molecule has 106 valence electrons. The second-order valence-corrected chi connectivity index (χ2v) is 6.14. The van der Waals surface area contributed by atoms with E-state index in [1.54, 1.807) is 0 Å². The maximum Gasteiger partial charge on any atom is 0.0453 e. The van der Waals surface area contributed by atoms with Crippen molar-refractivity contribution in [3.05, 3.63) is 69.7 Å². The third kappa shape index (κ3) is 3.26. The van der Waals surface area contributed by atoms with Crippen molar-refractivity contribution >= 4 is 46.4 Å². The smallest absolute Gasteiger partial charge is 0.0453 e. The minimum absolute atomic E-state index is 0.376. The Labute approximate surface area is 139 Å². The molecule has 0 N–H and O–H groups in total. The zero-order chi connectivity index (χ0) is 14.6. The average molecular weight is 348 g/mol. The molecule has 0 unspecified atom stereocenters. The van der Waals surface area contributed by atoms with E-state index in [0.717, 1.165) is 11.1 Å². The number of benzene rings is 2. The van der Waals surface area contributed by atoms with Gasteiger partial charge in [-0.2, -0.15) is 0 Å². The molecule has 4 heteroatoms. The summed E-state index contributed by atoms with van der Waals surface area (Å²) in [5.74, 6) is 0.810. The quantitative estimate of drug-likeness (QED) is 0.586. The van der Waals surface area contributed by atoms with Gasteiger partial charge in [-0.25, -0.2) is 0 Å². The predicted octanol–water partition coefficient (Wildman–Crippen LogP) is 5.95. The molecule has 2 aromatic rings. The molecule has 0 aliphatic rings. The van der Waals surface area contributed by atoms with Gasteiger partial charge in [0.15, 0.2) is 0 Å². The Kier molecular flexibility index (Phi) is 5.63. The molecule has 0 nitrogen and oxygen atoms in total. The Hall–Kier alpha value is -0.400. The van der Waals surface area contributed by atoms with Crippen molar-refractivity contribution in [2.75, 3.05) is 11.8 Å². The molecule has 0 saturated carbocycles. The van der Waals surface area contributed by atoms with Crippen molar-refractivity contribution in [2.24, 2.45) is 0 Å². The fourth-order valence-corrected chi connectivity index (χ4v) is 3.53. The number of hydrogen-bond acceptors (Lipinski definition) is 0. The summed E-state index contributed by atoms with van der Waals surface area (Å²) in [5, 5.41) is 1.29. The lowest BCUT2D eigenvalue weighted by atomic mass is 9.78. The van der Waals surface area contributed by atoms with E-state index in [0.29, 0.717) is 28.2 Å². The van der Waals surface area contributed by atoms with Crippen LogP contribution in [0.5, 0.6) is 0 Å². The van der Waals surface area contributed by atoms with Crippen LogP contribution in [0.25, 0.3) is 0 Å². The summed E-state index contributed by atoms with van der Waals surface area (Å²) in [4.78, 5) is 0. The average Bonchev–Trinajstić information content (AvgIpc) is 2.49. The normalized spacial score (nSPS) is 11.6. The molecular formula is C16H14Cl4. The topological polar surface area (TPSA) is 0 Å². The predicted molar refractivity (Wildman–Crippen MR) is 89.7 cm³/mol. The molecule has 0 aromatic heterocycles. The van der Waals surface area contributed by atoms with E-state index < -0.39 is 0 Å². The molecular weight excluding hydrogens is 334 g/mol. The van der Waals surface area contributed by atoms with Gasteiger partial charge in [-0.05, 0) is 29.7 Å². The van der Waals surface area contributed by atoms with Crippen molar-refractivity contribution in [1.29, 1.82) is 0 Å². The van der Waals surface area contributed by atoms with Gasteiger partial charge in [0.05, 0.1) is 0 Å². The molecule has 0 aliphatic heterocycles. The lowest BCUT2D eigenvalue weighted by Gasteiger charge is -2.31. The molecule has 0 saturated heterocycles. The molecule has 0 spiro atoms. The third-order valence-electron chi connectivity index (χ3n) is 3.47. The van der Waals surface area contributed by atoms with Crippen LogP contribution in [0.15, 0.2) is 48.5 Å². The summed E-state index contributed by atoms with van der Waals surface area (Å²) in [5.41, 5.74) is 1.61. The van der Waals surface area contributed by atoms with Gasteiger partial charge in [0.1, 0.15) is 0 Å². The molecule has 0 amide bonds. The van der Waals surface area contributed by atoms with Crippen LogP contribution in [-0.2, 0) is 11.8 Å². The number of rotatable bonds is 5. The van der Waals surface area contributed by atoms with Gasteiger partial charge >= 0.3 is 0 Å². The van der Waals surface area contributed by atoms with E-state index in [2.05, 4.69) is 0 Å². The fourth-order valence-electron chi connectivity index (χ4n) is 2.22. The molecule has 0 bridgehead atoms. The van der Waals surface area contributed by atoms with E-state index in [1.807, 2.05) is 48.5 Å². The molecule has 0 aliphatic carbocycles. The highest BCUT2D eigenvalue weighted by Crippen LogP contribution is 2.36. The van der Waals surface area contributed by atoms with Gasteiger partial charge in [0, 0.05) is 27.2 Å². The van der Waals surface area contributed by atoms with Crippen molar-refractivity contribution in [3.8, 4) is 0 Å². The standard InChI is InChI=1S/C16H14Cl4/c17-10-16(11-18,12-5-2-1-3-6-12)9-13-14(19)7-4-8-15(13)20/h1-8H,9-11H2. The molecule has 2 rings (SSSR count).